The Morgan fingerprint density at radius 3 is 2.48 bits per heavy atom. The highest BCUT2D eigenvalue weighted by molar-refractivity contribution is 5.94. The third-order valence-electron chi connectivity index (χ3n) is 5.34. The molecule has 2 atom stereocenters. The molecule has 1 heterocycles. The van der Waals surface area contributed by atoms with Crippen LogP contribution < -0.4 is 4.74 Å². The molecule has 1 fully saturated rings. The molecule has 2 aromatic rings. The minimum atomic E-state index is -0.237. The highest BCUT2D eigenvalue weighted by atomic mass is 19.1. The van der Waals surface area contributed by atoms with Gasteiger partial charge in [-0.15, -0.1) is 0 Å². The molecular weight excluding hydrogens is 371 g/mol. The van der Waals surface area contributed by atoms with Crippen LogP contribution in [0.1, 0.15) is 36.7 Å². The van der Waals surface area contributed by atoms with Gasteiger partial charge in [-0.05, 0) is 50.6 Å². The molecule has 0 N–H and O–H groups in total. The maximum Gasteiger partial charge on any atom is 0.260 e. The Balaban J connectivity index is 1.56. The molecule has 0 aromatic heterocycles. The second kappa shape index (κ2) is 9.18. The number of hydrogen-bond donors (Lipinski definition) is 0. The summed E-state index contributed by atoms with van der Waals surface area (Å²) in [5.41, 5.74) is 1.62. The Morgan fingerprint density at radius 1 is 1.07 bits per heavy atom. The molecule has 1 amide bonds. The van der Waals surface area contributed by atoms with Gasteiger partial charge in [0.05, 0.1) is 0 Å². The molecule has 1 saturated heterocycles. The van der Waals surface area contributed by atoms with Gasteiger partial charge in [-0.25, -0.2) is 4.39 Å². The lowest BCUT2D eigenvalue weighted by atomic mass is 10.1. The van der Waals surface area contributed by atoms with Gasteiger partial charge in [0.25, 0.3) is 5.91 Å². The number of carbonyl (C=O) groups excluding carboxylic acids is 2. The van der Waals surface area contributed by atoms with E-state index < -0.39 is 0 Å². The van der Waals surface area contributed by atoms with E-state index in [0.29, 0.717) is 17.9 Å². The van der Waals surface area contributed by atoms with E-state index in [4.69, 9.17) is 4.74 Å². The summed E-state index contributed by atoms with van der Waals surface area (Å²) in [7, 11) is 0. The van der Waals surface area contributed by atoms with Gasteiger partial charge in [0.15, 0.2) is 12.4 Å². The van der Waals surface area contributed by atoms with E-state index in [1.54, 1.807) is 36.4 Å². The summed E-state index contributed by atoms with van der Waals surface area (Å²) in [5.74, 6) is 0.168. The van der Waals surface area contributed by atoms with Crippen LogP contribution in [0.25, 0.3) is 0 Å². The van der Waals surface area contributed by atoms with Crippen molar-refractivity contribution in [2.45, 2.75) is 39.4 Å². The van der Waals surface area contributed by atoms with Gasteiger partial charge in [-0.1, -0.05) is 24.3 Å². The number of halogens is 1. The van der Waals surface area contributed by atoms with E-state index >= 15 is 0 Å². The van der Waals surface area contributed by atoms with Crippen LogP contribution in [0.5, 0.6) is 5.75 Å². The lowest BCUT2D eigenvalue weighted by molar-refractivity contribution is -0.139. The van der Waals surface area contributed by atoms with Gasteiger partial charge in [0.1, 0.15) is 11.6 Å². The van der Waals surface area contributed by atoms with Crippen LogP contribution in [0.4, 0.5) is 4.39 Å². The first kappa shape index (κ1) is 21.0. The van der Waals surface area contributed by atoms with Crippen molar-refractivity contribution in [3.05, 3.63) is 65.5 Å². The molecule has 6 heteroatoms. The molecule has 3 rings (SSSR count). The van der Waals surface area contributed by atoms with E-state index in [1.807, 2.05) is 11.8 Å². The first-order valence-corrected chi connectivity index (χ1v) is 9.85. The normalized spacial score (nSPS) is 19.8. The Morgan fingerprint density at radius 2 is 1.79 bits per heavy atom. The van der Waals surface area contributed by atoms with E-state index in [9.17, 15) is 14.0 Å². The molecule has 1 aliphatic rings. The first-order valence-electron chi connectivity index (χ1n) is 9.85. The molecule has 5 nitrogen and oxygen atoms in total. The number of benzene rings is 2. The number of rotatable bonds is 6. The minimum Gasteiger partial charge on any atom is -0.484 e. The SMILES string of the molecule is CC(=O)c1cccc(OCC(=O)N2CC(C)N(Cc3ccc(F)cc3)CC2C)c1. The zero-order valence-corrected chi connectivity index (χ0v) is 17.1. The second-order valence-corrected chi connectivity index (χ2v) is 7.67. The van der Waals surface area contributed by atoms with Crippen molar-refractivity contribution in [3.8, 4) is 5.75 Å². The van der Waals surface area contributed by atoms with Gasteiger partial charge in [0.2, 0.25) is 0 Å². The fraction of sp³-hybridized carbons (Fsp3) is 0.391. The number of hydrogen-bond acceptors (Lipinski definition) is 4. The maximum atomic E-state index is 13.1. The van der Waals surface area contributed by atoms with Gasteiger partial charge in [0, 0.05) is 37.3 Å². The Kier molecular flexibility index (Phi) is 6.64. The average Bonchev–Trinajstić information content (AvgIpc) is 2.70. The molecular formula is C23H27FN2O3. The summed E-state index contributed by atoms with van der Waals surface area (Å²) < 4.78 is 18.8. The molecule has 0 spiro atoms. The fourth-order valence-electron chi connectivity index (χ4n) is 3.62. The molecule has 0 bridgehead atoms. The topological polar surface area (TPSA) is 49.9 Å². The first-order chi connectivity index (χ1) is 13.8. The van der Waals surface area contributed by atoms with Crippen molar-refractivity contribution < 1.29 is 18.7 Å². The summed E-state index contributed by atoms with van der Waals surface area (Å²) in [6.45, 7) is 7.63. The minimum absolute atomic E-state index is 0.0403. The number of amides is 1. The highest BCUT2D eigenvalue weighted by Crippen LogP contribution is 2.19. The molecule has 2 aromatic carbocycles. The van der Waals surface area contributed by atoms with Crippen LogP contribution in [0.15, 0.2) is 48.5 Å². The van der Waals surface area contributed by atoms with Crippen LogP contribution in [0.3, 0.4) is 0 Å². The van der Waals surface area contributed by atoms with Crippen LogP contribution in [-0.2, 0) is 11.3 Å². The fourth-order valence-corrected chi connectivity index (χ4v) is 3.62. The zero-order chi connectivity index (χ0) is 21.0. The molecule has 154 valence electrons. The Labute approximate surface area is 171 Å². The number of ketones is 1. The van der Waals surface area contributed by atoms with Gasteiger partial charge < -0.3 is 9.64 Å². The lowest BCUT2D eigenvalue weighted by Gasteiger charge is -2.44. The summed E-state index contributed by atoms with van der Waals surface area (Å²) >= 11 is 0. The van der Waals surface area contributed by atoms with E-state index in [2.05, 4.69) is 11.8 Å². The second-order valence-electron chi connectivity index (χ2n) is 7.67. The Bertz CT molecular complexity index is 869. The van der Waals surface area contributed by atoms with Crippen molar-refractivity contribution in [3.63, 3.8) is 0 Å². The number of piperazine rings is 1. The van der Waals surface area contributed by atoms with Gasteiger partial charge in [-0.3, -0.25) is 14.5 Å². The monoisotopic (exact) mass is 398 g/mol. The standard InChI is InChI=1S/C23H27FN2O3/c1-16-13-26(17(2)12-25(16)14-19-7-9-21(24)10-8-19)23(28)15-29-22-6-4-5-20(11-22)18(3)27/h4-11,16-17H,12-15H2,1-3H3. The van der Waals surface area contributed by atoms with Crippen LogP contribution >= 0.6 is 0 Å². The number of Topliss-reactive ketones (excluding diaryl/α,β-unsaturated/α-hetero) is 1. The molecule has 0 radical (unpaired) electrons. The highest BCUT2D eigenvalue weighted by Gasteiger charge is 2.32. The largest absolute Gasteiger partial charge is 0.484 e. The average molecular weight is 398 g/mol. The molecule has 0 saturated carbocycles. The smallest absolute Gasteiger partial charge is 0.260 e. The van der Waals surface area contributed by atoms with E-state index in [1.165, 1.54) is 19.1 Å². The summed E-state index contributed by atoms with van der Waals surface area (Å²) in [5, 5.41) is 0. The quantitative estimate of drug-likeness (QED) is 0.699. The number of ether oxygens (including phenoxy) is 1. The third kappa shape index (κ3) is 5.41. The molecule has 0 aliphatic carbocycles. The molecule has 1 aliphatic heterocycles. The van der Waals surface area contributed by atoms with Crippen molar-refractivity contribution >= 4 is 11.7 Å². The predicted molar refractivity (Wildman–Crippen MR) is 109 cm³/mol. The van der Waals surface area contributed by atoms with Crippen LogP contribution in [0.2, 0.25) is 0 Å². The zero-order valence-electron chi connectivity index (χ0n) is 17.1. The number of nitrogens with zero attached hydrogens (tertiary/aromatic N) is 2. The van der Waals surface area contributed by atoms with Crippen molar-refractivity contribution in [1.82, 2.24) is 9.80 Å². The summed E-state index contributed by atoms with van der Waals surface area (Å²) in [6.07, 6.45) is 0. The van der Waals surface area contributed by atoms with Crippen LogP contribution in [-0.4, -0.2) is 53.3 Å². The predicted octanol–water partition coefficient (Wildman–Crippen LogP) is 3.53. The van der Waals surface area contributed by atoms with E-state index in [-0.39, 0.29) is 36.2 Å². The lowest BCUT2D eigenvalue weighted by Crippen LogP contribution is -2.58. The van der Waals surface area contributed by atoms with Crippen molar-refractivity contribution in [1.29, 1.82) is 0 Å². The molecule has 29 heavy (non-hydrogen) atoms. The maximum absolute atomic E-state index is 13.1. The Hall–Kier alpha value is -2.73. The summed E-state index contributed by atoms with van der Waals surface area (Å²) in [6, 6.07) is 13.6. The summed E-state index contributed by atoms with van der Waals surface area (Å²) in [4.78, 5) is 28.4. The van der Waals surface area contributed by atoms with E-state index in [0.717, 1.165) is 18.7 Å². The number of carbonyl (C=O) groups is 2. The molecule has 2 unspecified atom stereocenters. The van der Waals surface area contributed by atoms with Gasteiger partial charge >= 0.3 is 0 Å². The van der Waals surface area contributed by atoms with Crippen molar-refractivity contribution in [2.24, 2.45) is 0 Å². The van der Waals surface area contributed by atoms with Crippen molar-refractivity contribution in [2.75, 3.05) is 19.7 Å². The third-order valence-corrected chi connectivity index (χ3v) is 5.34. The van der Waals surface area contributed by atoms with Crippen LogP contribution in [0, 0.1) is 5.82 Å². The van der Waals surface area contributed by atoms with Gasteiger partial charge in [-0.2, -0.15) is 0 Å².